The topological polar surface area (TPSA) is 90.9 Å². The van der Waals surface area contributed by atoms with Crippen molar-refractivity contribution in [1.29, 1.82) is 0 Å². The van der Waals surface area contributed by atoms with Gasteiger partial charge in [0.2, 0.25) is 10.0 Å². The first kappa shape index (κ1) is 18.2. The summed E-state index contributed by atoms with van der Waals surface area (Å²) in [5.41, 5.74) is 2.75. The highest BCUT2D eigenvalue weighted by atomic mass is 32.2. The van der Waals surface area contributed by atoms with Crippen LogP contribution < -0.4 is 5.14 Å². The molecule has 0 atom stereocenters. The molecule has 26 heavy (non-hydrogen) atoms. The zero-order valence-electron chi connectivity index (χ0n) is 14.0. The Kier molecular flexibility index (Phi) is 5.13. The van der Waals surface area contributed by atoms with Crippen molar-refractivity contribution < 1.29 is 8.42 Å². The second kappa shape index (κ2) is 7.33. The van der Waals surface area contributed by atoms with Gasteiger partial charge in [-0.05, 0) is 31.2 Å². The molecule has 0 radical (unpaired) electrons. The minimum atomic E-state index is -3.75. The molecule has 132 valence electrons. The van der Waals surface area contributed by atoms with Gasteiger partial charge < -0.3 is 0 Å². The van der Waals surface area contributed by atoms with Crippen LogP contribution >= 0.6 is 11.8 Å². The Morgan fingerprint density at radius 2 is 1.77 bits per heavy atom. The third kappa shape index (κ3) is 3.80. The van der Waals surface area contributed by atoms with Crippen LogP contribution in [0, 0.1) is 19.3 Å². The molecule has 8 heteroatoms. The van der Waals surface area contributed by atoms with Crippen molar-refractivity contribution in [2.24, 2.45) is 5.14 Å². The van der Waals surface area contributed by atoms with E-state index in [-0.39, 0.29) is 4.90 Å². The molecule has 1 aromatic heterocycles. The molecule has 3 rings (SSSR count). The Morgan fingerprint density at radius 3 is 2.35 bits per heavy atom. The molecule has 0 saturated carbocycles. The molecule has 0 spiro atoms. The van der Waals surface area contributed by atoms with Crippen LogP contribution in [0.1, 0.15) is 5.56 Å². The fraction of sp³-hybridized carbons (Fsp3) is 0.111. The maximum atomic E-state index is 11.5. The van der Waals surface area contributed by atoms with E-state index >= 15 is 0 Å². The van der Waals surface area contributed by atoms with Gasteiger partial charge in [-0.3, -0.25) is 4.57 Å². The molecule has 2 aromatic carbocycles. The van der Waals surface area contributed by atoms with Crippen molar-refractivity contribution in [2.45, 2.75) is 17.0 Å². The Bertz CT molecular complexity index is 1060. The van der Waals surface area contributed by atoms with Crippen LogP contribution in [0.5, 0.6) is 0 Å². The van der Waals surface area contributed by atoms with Crippen LogP contribution in [0.4, 0.5) is 0 Å². The highest BCUT2D eigenvalue weighted by molar-refractivity contribution is 7.99. The third-order valence-corrected chi connectivity index (χ3v) is 5.41. The Morgan fingerprint density at radius 1 is 1.12 bits per heavy atom. The Balaban J connectivity index is 2.12. The molecule has 0 saturated heterocycles. The molecule has 3 aromatic rings. The zero-order valence-corrected chi connectivity index (χ0v) is 15.6. The highest BCUT2D eigenvalue weighted by Crippen LogP contribution is 2.28. The number of hydrogen-bond donors (Lipinski definition) is 1. The number of thioether (sulfide) groups is 1. The van der Waals surface area contributed by atoms with E-state index in [1.807, 2.05) is 35.8 Å². The van der Waals surface area contributed by atoms with E-state index < -0.39 is 10.0 Å². The molecule has 0 fully saturated rings. The number of nitrogens with two attached hydrogens (primary N) is 1. The summed E-state index contributed by atoms with van der Waals surface area (Å²) in [5.74, 6) is 3.66. The van der Waals surface area contributed by atoms with Gasteiger partial charge in [-0.2, -0.15) is 0 Å². The summed E-state index contributed by atoms with van der Waals surface area (Å²) in [7, 11) is -3.75. The summed E-state index contributed by atoms with van der Waals surface area (Å²) in [6, 6.07) is 14.2. The van der Waals surface area contributed by atoms with Gasteiger partial charge in [-0.1, -0.05) is 47.5 Å². The minimum Gasteiger partial charge on any atom is -0.270 e. The van der Waals surface area contributed by atoms with E-state index in [0.29, 0.717) is 16.7 Å². The maximum Gasteiger partial charge on any atom is 0.238 e. The normalized spacial score (nSPS) is 11.3. The van der Waals surface area contributed by atoms with Crippen molar-refractivity contribution in [3.63, 3.8) is 0 Å². The molecule has 1 heterocycles. The predicted molar refractivity (Wildman–Crippen MR) is 102 cm³/mol. The Hall–Kier alpha value is -2.60. The fourth-order valence-electron chi connectivity index (χ4n) is 2.38. The number of aryl methyl sites for hydroxylation is 1. The SMILES string of the molecule is C#CCSc1nnc(-c2ccc(C)cc2)n1-c1ccc(S(N)(=O)=O)cc1. The van der Waals surface area contributed by atoms with Crippen molar-refractivity contribution in [3.8, 4) is 29.4 Å². The van der Waals surface area contributed by atoms with Crippen molar-refractivity contribution in [3.05, 3.63) is 54.1 Å². The van der Waals surface area contributed by atoms with Gasteiger partial charge in [0.25, 0.3) is 0 Å². The first-order valence-corrected chi connectivity index (χ1v) is 10.2. The van der Waals surface area contributed by atoms with E-state index in [1.165, 1.54) is 23.9 Å². The second-order valence-electron chi connectivity index (χ2n) is 5.54. The van der Waals surface area contributed by atoms with Crippen LogP contribution in [-0.4, -0.2) is 28.9 Å². The number of nitrogens with zero attached hydrogens (tertiary/aromatic N) is 3. The van der Waals surface area contributed by atoms with Crippen LogP contribution in [0.15, 0.2) is 58.6 Å². The van der Waals surface area contributed by atoms with Crippen LogP contribution in [0.25, 0.3) is 17.1 Å². The monoisotopic (exact) mass is 384 g/mol. The summed E-state index contributed by atoms with van der Waals surface area (Å²) >= 11 is 1.38. The molecule has 0 bridgehead atoms. The van der Waals surface area contributed by atoms with E-state index in [9.17, 15) is 8.42 Å². The minimum absolute atomic E-state index is 0.0454. The van der Waals surface area contributed by atoms with E-state index in [4.69, 9.17) is 11.6 Å². The van der Waals surface area contributed by atoms with Gasteiger partial charge in [0, 0.05) is 11.3 Å². The molecule has 2 N–H and O–H groups in total. The number of hydrogen-bond acceptors (Lipinski definition) is 5. The molecule has 0 aliphatic carbocycles. The molecule has 0 amide bonds. The summed E-state index contributed by atoms with van der Waals surface area (Å²) in [4.78, 5) is 0.0454. The summed E-state index contributed by atoms with van der Waals surface area (Å²) < 4.78 is 24.8. The van der Waals surface area contributed by atoms with Gasteiger partial charge in [0.1, 0.15) is 0 Å². The van der Waals surface area contributed by atoms with Crippen LogP contribution in [0.2, 0.25) is 0 Å². The average molecular weight is 384 g/mol. The average Bonchev–Trinajstić information content (AvgIpc) is 3.04. The van der Waals surface area contributed by atoms with E-state index in [1.54, 1.807) is 12.1 Å². The molecule has 0 aliphatic rings. The molecular formula is C18H16N4O2S2. The highest BCUT2D eigenvalue weighted by Gasteiger charge is 2.17. The van der Waals surface area contributed by atoms with Gasteiger partial charge >= 0.3 is 0 Å². The lowest BCUT2D eigenvalue weighted by molar-refractivity contribution is 0.598. The van der Waals surface area contributed by atoms with Crippen LogP contribution in [0.3, 0.4) is 0 Å². The smallest absolute Gasteiger partial charge is 0.238 e. The number of rotatable bonds is 5. The first-order chi connectivity index (χ1) is 12.4. The largest absolute Gasteiger partial charge is 0.270 e. The van der Waals surface area contributed by atoms with E-state index in [2.05, 4.69) is 16.1 Å². The molecule has 0 unspecified atom stereocenters. The summed E-state index contributed by atoms with van der Waals surface area (Å²) in [5, 5.41) is 14.3. The van der Waals surface area contributed by atoms with Crippen molar-refractivity contribution >= 4 is 21.8 Å². The quantitative estimate of drug-likeness (QED) is 0.539. The van der Waals surface area contributed by atoms with Crippen molar-refractivity contribution in [1.82, 2.24) is 14.8 Å². The van der Waals surface area contributed by atoms with E-state index in [0.717, 1.165) is 16.8 Å². The first-order valence-electron chi connectivity index (χ1n) is 7.62. The lowest BCUT2D eigenvalue weighted by Gasteiger charge is -2.10. The fourth-order valence-corrected chi connectivity index (χ4v) is 3.52. The lowest BCUT2D eigenvalue weighted by atomic mass is 10.1. The zero-order chi connectivity index (χ0) is 18.7. The van der Waals surface area contributed by atoms with Crippen LogP contribution in [-0.2, 0) is 10.0 Å². The van der Waals surface area contributed by atoms with Crippen molar-refractivity contribution in [2.75, 3.05) is 5.75 Å². The van der Waals surface area contributed by atoms with Gasteiger partial charge in [-0.15, -0.1) is 16.6 Å². The maximum absolute atomic E-state index is 11.5. The number of terminal acetylenes is 1. The number of aromatic nitrogens is 3. The Labute approximate surface area is 156 Å². The molecule has 6 nitrogen and oxygen atoms in total. The van der Waals surface area contributed by atoms with Gasteiger partial charge in [-0.25, -0.2) is 13.6 Å². The summed E-state index contributed by atoms with van der Waals surface area (Å²) in [6.45, 7) is 2.01. The van der Waals surface area contributed by atoms with Gasteiger partial charge in [0.15, 0.2) is 11.0 Å². The number of primary sulfonamides is 1. The number of sulfonamides is 1. The summed E-state index contributed by atoms with van der Waals surface area (Å²) in [6.07, 6.45) is 5.36. The number of benzene rings is 2. The predicted octanol–water partition coefficient (Wildman–Crippen LogP) is 2.62. The lowest BCUT2D eigenvalue weighted by Crippen LogP contribution is -2.12. The molecule has 0 aliphatic heterocycles. The third-order valence-electron chi connectivity index (χ3n) is 3.65. The van der Waals surface area contributed by atoms with Gasteiger partial charge in [0.05, 0.1) is 10.6 Å². The standard InChI is InChI=1S/C18H16N4O2S2/c1-3-12-25-18-21-20-17(14-6-4-13(2)5-7-14)22(18)15-8-10-16(11-9-15)26(19,23)24/h1,4-11H,12H2,2H3,(H2,19,23,24). The second-order valence-corrected chi connectivity index (χ2v) is 8.04. The molecular weight excluding hydrogens is 368 g/mol.